The van der Waals surface area contributed by atoms with Crippen molar-refractivity contribution in [3.05, 3.63) is 36.0 Å². The highest BCUT2D eigenvalue weighted by Gasteiger charge is 2.05. The number of benzene rings is 1. The number of nitrogens with zero attached hydrogens (tertiary/aromatic N) is 1. The molecule has 0 amide bonds. The summed E-state index contributed by atoms with van der Waals surface area (Å²) in [6.45, 7) is 2.23. The number of halogens is 1. The zero-order valence-electron chi connectivity index (χ0n) is 8.50. The third kappa shape index (κ3) is 1.59. The Kier molecular flexibility index (Phi) is 2.64. The standard InChI is InChI=1S/C12H14BrN/c1-9(8-13)10-3-4-12-11(7-10)5-6-14(12)2/h3-7,9H,8H2,1-2H3. The molecule has 1 aromatic carbocycles. The lowest BCUT2D eigenvalue weighted by Gasteiger charge is -2.08. The van der Waals surface area contributed by atoms with Crippen LogP contribution in [0.25, 0.3) is 10.9 Å². The van der Waals surface area contributed by atoms with Crippen LogP contribution in [0.15, 0.2) is 30.5 Å². The summed E-state index contributed by atoms with van der Waals surface area (Å²) in [5.74, 6) is 0.583. The van der Waals surface area contributed by atoms with Gasteiger partial charge >= 0.3 is 0 Å². The molecule has 1 atom stereocenters. The van der Waals surface area contributed by atoms with Crippen LogP contribution >= 0.6 is 15.9 Å². The van der Waals surface area contributed by atoms with Crippen molar-refractivity contribution >= 4 is 26.8 Å². The molecular formula is C12H14BrN. The SMILES string of the molecule is CC(CBr)c1ccc2c(ccn2C)c1. The van der Waals surface area contributed by atoms with Crippen molar-refractivity contribution in [1.29, 1.82) is 0 Å². The summed E-state index contributed by atoms with van der Waals surface area (Å²) in [6, 6.07) is 8.86. The zero-order chi connectivity index (χ0) is 10.1. The Hall–Kier alpha value is -0.760. The van der Waals surface area contributed by atoms with Crippen molar-refractivity contribution in [3.63, 3.8) is 0 Å². The molecule has 0 radical (unpaired) electrons. The van der Waals surface area contributed by atoms with Crippen molar-refractivity contribution in [1.82, 2.24) is 4.57 Å². The molecule has 0 saturated carbocycles. The second-order valence-electron chi connectivity index (χ2n) is 3.80. The molecule has 0 aliphatic heterocycles. The van der Waals surface area contributed by atoms with Crippen LogP contribution in [-0.2, 0) is 7.05 Å². The van der Waals surface area contributed by atoms with Crippen LogP contribution in [0.4, 0.5) is 0 Å². The maximum Gasteiger partial charge on any atom is 0.0477 e. The first-order valence-corrected chi connectivity index (χ1v) is 5.95. The summed E-state index contributed by atoms with van der Waals surface area (Å²) in [6.07, 6.45) is 2.10. The van der Waals surface area contributed by atoms with Gasteiger partial charge in [-0.15, -0.1) is 0 Å². The third-order valence-corrected chi connectivity index (χ3v) is 3.68. The minimum Gasteiger partial charge on any atom is -0.351 e. The minimum absolute atomic E-state index is 0.583. The second-order valence-corrected chi connectivity index (χ2v) is 4.45. The van der Waals surface area contributed by atoms with Gasteiger partial charge < -0.3 is 4.57 Å². The highest BCUT2D eigenvalue weighted by Crippen LogP contribution is 2.23. The zero-order valence-corrected chi connectivity index (χ0v) is 10.1. The number of alkyl halides is 1. The predicted octanol–water partition coefficient (Wildman–Crippen LogP) is 3.68. The number of hydrogen-bond donors (Lipinski definition) is 0. The fourth-order valence-corrected chi connectivity index (χ4v) is 2.07. The molecule has 2 rings (SSSR count). The van der Waals surface area contributed by atoms with Gasteiger partial charge in [0, 0.05) is 24.1 Å². The van der Waals surface area contributed by atoms with Crippen molar-refractivity contribution in [2.75, 3.05) is 5.33 Å². The third-order valence-electron chi connectivity index (χ3n) is 2.71. The smallest absolute Gasteiger partial charge is 0.0477 e. The summed E-state index contributed by atoms with van der Waals surface area (Å²) < 4.78 is 2.15. The van der Waals surface area contributed by atoms with E-state index in [9.17, 15) is 0 Å². The molecule has 2 heteroatoms. The number of fused-ring (bicyclic) bond motifs is 1. The molecule has 0 saturated heterocycles. The van der Waals surface area contributed by atoms with Crippen LogP contribution in [0.5, 0.6) is 0 Å². The fourth-order valence-electron chi connectivity index (χ4n) is 1.70. The maximum atomic E-state index is 3.52. The van der Waals surface area contributed by atoms with Crippen LogP contribution < -0.4 is 0 Å². The topological polar surface area (TPSA) is 4.93 Å². The van der Waals surface area contributed by atoms with Crippen molar-refractivity contribution in [3.8, 4) is 0 Å². The second kappa shape index (κ2) is 3.77. The Labute approximate surface area is 92.9 Å². The lowest BCUT2D eigenvalue weighted by Crippen LogP contribution is -1.94. The number of aryl methyl sites for hydroxylation is 1. The maximum absolute atomic E-state index is 3.52. The van der Waals surface area contributed by atoms with E-state index in [1.54, 1.807) is 0 Å². The van der Waals surface area contributed by atoms with E-state index in [2.05, 4.69) is 64.9 Å². The number of aromatic nitrogens is 1. The Morgan fingerprint density at radius 3 is 2.86 bits per heavy atom. The summed E-state index contributed by atoms with van der Waals surface area (Å²) in [7, 11) is 2.08. The van der Waals surface area contributed by atoms with Crippen LogP contribution in [0, 0.1) is 0 Å². The van der Waals surface area contributed by atoms with Gasteiger partial charge in [-0.05, 0) is 35.1 Å². The molecule has 0 aliphatic rings. The van der Waals surface area contributed by atoms with Gasteiger partial charge in [0.25, 0.3) is 0 Å². The first-order chi connectivity index (χ1) is 6.72. The summed E-state index contributed by atoms with van der Waals surface area (Å²) >= 11 is 3.52. The predicted molar refractivity (Wildman–Crippen MR) is 65.1 cm³/mol. The summed E-state index contributed by atoms with van der Waals surface area (Å²) in [5, 5.41) is 2.35. The van der Waals surface area contributed by atoms with E-state index in [4.69, 9.17) is 0 Å². The largest absolute Gasteiger partial charge is 0.351 e. The van der Waals surface area contributed by atoms with E-state index in [1.807, 2.05) is 0 Å². The molecule has 0 aliphatic carbocycles. The molecule has 0 bridgehead atoms. The van der Waals surface area contributed by atoms with Crippen molar-refractivity contribution < 1.29 is 0 Å². The Balaban J connectivity index is 2.52. The fraction of sp³-hybridized carbons (Fsp3) is 0.333. The van der Waals surface area contributed by atoms with Gasteiger partial charge in [0.15, 0.2) is 0 Å². The van der Waals surface area contributed by atoms with E-state index >= 15 is 0 Å². The van der Waals surface area contributed by atoms with Crippen LogP contribution in [0.2, 0.25) is 0 Å². The van der Waals surface area contributed by atoms with Gasteiger partial charge in [-0.1, -0.05) is 28.9 Å². The molecule has 74 valence electrons. The minimum atomic E-state index is 0.583. The van der Waals surface area contributed by atoms with Gasteiger partial charge in [0.2, 0.25) is 0 Å². The monoisotopic (exact) mass is 251 g/mol. The Bertz CT molecular complexity index is 445. The molecule has 14 heavy (non-hydrogen) atoms. The number of rotatable bonds is 2. The van der Waals surface area contributed by atoms with Gasteiger partial charge in [-0.3, -0.25) is 0 Å². The quantitative estimate of drug-likeness (QED) is 0.718. The van der Waals surface area contributed by atoms with E-state index in [1.165, 1.54) is 16.5 Å². The summed E-state index contributed by atoms with van der Waals surface area (Å²) in [4.78, 5) is 0. The normalized spacial score (nSPS) is 13.4. The molecule has 1 heterocycles. The number of hydrogen-bond acceptors (Lipinski definition) is 0. The van der Waals surface area contributed by atoms with E-state index < -0.39 is 0 Å². The average molecular weight is 252 g/mol. The van der Waals surface area contributed by atoms with Gasteiger partial charge in [0.05, 0.1) is 0 Å². The summed E-state index contributed by atoms with van der Waals surface area (Å²) in [5.41, 5.74) is 2.70. The van der Waals surface area contributed by atoms with Gasteiger partial charge in [-0.25, -0.2) is 0 Å². The molecular weight excluding hydrogens is 238 g/mol. The molecule has 1 aromatic heterocycles. The molecule has 1 nitrogen and oxygen atoms in total. The van der Waals surface area contributed by atoms with Gasteiger partial charge in [0.1, 0.15) is 0 Å². The Morgan fingerprint density at radius 1 is 1.36 bits per heavy atom. The lowest BCUT2D eigenvalue weighted by molar-refractivity contribution is 0.889. The first kappa shape index (κ1) is 9.78. The van der Waals surface area contributed by atoms with Crippen LogP contribution in [-0.4, -0.2) is 9.90 Å². The highest BCUT2D eigenvalue weighted by molar-refractivity contribution is 9.09. The molecule has 1 unspecified atom stereocenters. The van der Waals surface area contributed by atoms with E-state index in [-0.39, 0.29) is 0 Å². The van der Waals surface area contributed by atoms with E-state index in [0.717, 1.165) is 5.33 Å². The first-order valence-electron chi connectivity index (χ1n) is 4.83. The van der Waals surface area contributed by atoms with Crippen molar-refractivity contribution in [2.45, 2.75) is 12.8 Å². The van der Waals surface area contributed by atoms with Crippen LogP contribution in [0.1, 0.15) is 18.4 Å². The highest BCUT2D eigenvalue weighted by atomic mass is 79.9. The molecule has 0 spiro atoms. The Morgan fingerprint density at radius 2 is 2.14 bits per heavy atom. The van der Waals surface area contributed by atoms with E-state index in [0.29, 0.717) is 5.92 Å². The van der Waals surface area contributed by atoms with Crippen molar-refractivity contribution in [2.24, 2.45) is 7.05 Å². The molecule has 0 N–H and O–H groups in total. The average Bonchev–Trinajstić information content (AvgIpc) is 2.59. The van der Waals surface area contributed by atoms with Gasteiger partial charge in [-0.2, -0.15) is 0 Å². The lowest BCUT2D eigenvalue weighted by atomic mass is 10.0. The molecule has 2 aromatic rings. The molecule has 0 fully saturated rings. The van der Waals surface area contributed by atoms with Crippen LogP contribution in [0.3, 0.4) is 0 Å².